The molecule has 0 aromatic carbocycles. The van der Waals surface area contributed by atoms with Crippen LogP contribution in [-0.2, 0) is 14.6 Å². The summed E-state index contributed by atoms with van der Waals surface area (Å²) in [7, 11) is -2.77. The van der Waals surface area contributed by atoms with Crippen molar-refractivity contribution in [3.8, 4) is 0 Å². The van der Waals surface area contributed by atoms with E-state index in [0.29, 0.717) is 12.8 Å². The second-order valence-corrected chi connectivity index (χ2v) is 4.10. The van der Waals surface area contributed by atoms with E-state index in [4.69, 9.17) is 4.55 Å². The molecule has 0 rings (SSSR count). The van der Waals surface area contributed by atoms with Gasteiger partial charge in [-0.15, -0.1) is 0 Å². The van der Waals surface area contributed by atoms with Crippen molar-refractivity contribution < 1.29 is 17.2 Å². The van der Waals surface area contributed by atoms with Gasteiger partial charge in [0.15, 0.2) is 0 Å². The topological polar surface area (TPSA) is 89.6 Å². The zero-order chi connectivity index (χ0) is 12.3. The van der Waals surface area contributed by atoms with E-state index in [2.05, 4.69) is 16.8 Å². The molecule has 0 radical (unpaired) electrons. The van der Waals surface area contributed by atoms with Crippen LogP contribution < -0.4 is 5.73 Å². The Balaban J connectivity index is 0. The van der Waals surface area contributed by atoms with Gasteiger partial charge in [-0.3, -0.25) is 4.55 Å². The Morgan fingerprint density at radius 3 is 2.13 bits per heavy atom. The minimum atomic E-state index is -4.27. The van der Waals surface area contributed by atoms with E-state index in [1.165, 1.54) is 7.05 Å². The van der Waals surface area contributed by atoms with Crippen LogP contribution in [0.1, 0.15) is 46.0 Å². The molecule has 3 N–H and O–H groups in total. The normalized spacial score (nSPS) is 12.9. The van der Waals surface area contributed by atoms with Gasteiger partial charge in [-0.1, -0.05) is 33.1 Å². The lowest BCUT2D eigenvalue weighted by atomic mass is 10.1. The van der Waals surface area contributed by atoms with Crippen molar-refractivity contribution in [1.82, 2.24) is 0 Å². The average Bonchev–Trinajstić information content (AvgIpc) is 2.18. The fourth-order valence-electron chi connectivity index (χ4n) is 1.11. The van der Waals surface area contributed by atoms with Crippen LogP contribution in [0.3, 0.4) is 0 Å². The maximum absolute atomic E-state index is 10.4. The lowest BCUT2D eigenvalue weighted by Gasteiger charge is -2.12. The first-order valence-electron chi connectivity index (χ1n) is 5.23. The van der Waals surface area contributed by atoms with Gasteiger partial charge in [0, 0.05) is 0 Å². The molecule has 5 nitrogen and oxygen atoms in total. The highest BCUT2D eigenvalue weighted by Crippen LogP contribution is 2.11. The summed E-state index contributed by atoms with van der Waals surface area (Å²) >= 11 is 0. The second kappa shape index (κ2) is 10.4. The number of nitrogens with two attached hydrogens (primary N) is 1. The maximum atomic E-state index is 10.4. The Morgan fingerprint density at radius 1 is 1.27 bits per heavy atom. The fourth-order valence-corrected chi connectivity index (χ4v) is 1.69. The summed E-state index contributed by atoms with van der Waals surface area (Å²) in [6, 6.07) is 0. The maximum Gasteiger partial charge on any atom is 0.397 e. The molecular weight excluding hydrogens is 218 g/mol. The Bertz CT molecular complexity index is 216. The van der Waals surface area contributed by atoms with Crippen LogP contribution in [0.4, 0.5) is 0 Å². The van der Waals surface area contributed by atoms with Crippen molar-refractivity contribution in [2.75, 3.05) is 7.05 Å². The molecule has 0 fully saturated rings. The smallest absolute Gasteiger partial charge is 0.333 e. The van der Waals surface area contributed by atoms with Crippen LogP contribution in [0.25, 0.3) is 0 Å². The Morgan fingerprint density at radius 2 is 1.80 bits per heavy atom. The van der Waals surface area contributed by atoms with Gasteiger partial charge in [-0.05, 0) is 19.9 Å². The Labute approximate surface area is 93.0 Å². The van der Waals surface area contributed by atoms with Gasteiger partial charge >= 0.3 is 10.4 Å². The summed E-state index contributed by atoms with van der Waals surface area (Å²) in [6.45, 7) is 3.91. The summed E-state index contributed by atoms with van der Waals surface area (Å²) in [4.78, 5) is 0. The van der Waals surface area contributed by atoms with Gasteiger partial charge in [-0.2, -0.15) is 8.42 Å². The van der Waals surface area contributed by atoms with Crippen molar-refractivity contribution in [3.63, 3.8) is 0 Å². The molecule has 0 heterocycles. The van der Waals surface area contributed by atoms with E-state index in [9.17, 15) is 8.42 Å². The highest BCUT2D eigenvalue weighted by molar-refractivity contribution is 7.80. The van der Waals surface area contributed by atoms with Crippen LogP contribution in [0.15, 0.2) is 0 Å². The van der Waals surface area contributed by atoms with Crippen molar-refractivity contribution in [2.24, 2.45) is 5.73 Å². The Kier molecular flexibility index (Phi) is 11.9. The number of unbranched alkanes of at least 4 members (excludes halogenated alkanes) is 2. The lowest BCUT2D eigenvalue weighted by molar-refractivity contribution is 0.165. The molecule has 0 saturated heterocycles. The highest BCUT2D eigenvalue weighted by atomic mass is 32.3. The minimum absolute atomic E-state index is 0.374. The molecule has 0 aromatic rings. The SMILES string of the molecule is CCCCCC(CC)OS(=O)(=O)O.CN. The monoisotopic (exact) mass is 241 g/mol. The van der Waals surface area contributed by atoms with Crippen LogP contribution in [0.2, 0.25) is 0 Å². The quantitative estimate of drug-likeness (QED) is 0.523. The molecule has 1 unspecified atom stereocenters. The molecule has 0 saturated carbocycles. The minimum Gasteiger partial charge on any atom is -0.333 e. The third kappa shape index (κ3) is 13.8. The molecule has 6 heteroatoms. The third-order valence-corrected chi connectivity index (χ3v) is 2.36. The van der Waals surface area contributed by atoms with Gasteiger partial charge in [0.2, 0.25) is 0 Å². The molecule has 0 amide bonds. The summed E-state index contributed by atoms with van der Waals surface area (Å²) in [5, 5.41) is 0. The summed E-state index contributed by atoms with van der Waals surface area (Å²) < 4.78 is 33.6. The second-order valence-electron chi connectivity index (χ2n) is 3.05. The van der Waals surface area contributed by atoms with E-state index < -0.39 is 10.4 Å². The van der Waals surface area contributed by atoms with Crippen LogP contribution in [-0.4, -0.2) is 26.1 Å². The molecule has 0 bridgehead atoms. The molecule has 0 spiro atoms. The highest BCUT2D eigenvalue weighted by Gasteiger charge is 2.14. The first-order valence-corrected chi connectivity index (χ1v) is 6.59. The van der Waals surface area contributed by atoms with Gasteiger partial charge in [-0.25, -0.2) is 4.18 Å². The number of hydrogen-bond acceptors (Lipinski definition) is 4. The molecule has 0 aliphatic carbocycles. The number of rotatable bonds is 7. The standard InChI is InChI=1S/C8H18O4S.CH5N/c1-3-5-6-7-8(4-2)12-13(9,10)11;1-2/h8H,3-7H2,1-2H3,(H,9,10,11);2H2,1H3. The fraction of sp³-hybridized carbons (Fsp3) is 1.00. The van der Waals surface area contributed by atoms with Crippen LogP contribution in [0.5, 0.6) is 0 Å². The molecule has 1 atom stereocenters. The third-order valence-electron chi connectivity index (χ3n) is 1.84. The zero-order valence-corrected chi connectivity index (χ0v) is 10.6. The van der Waals surface area contributed by atoms with Crippen molar-refractivity contribution in [3.05, 3.63) is 0 Å². The van der Waals surface area contributed by atoms with Crippen LogP contribution >= 0.6 is 0 Å². The predicted octanol–water partition coefficient (Wildman–Crippen LogP) is 1.74. The van der Waals surface area contributed by atoms with Crippen molar-refractivity contribution >= 4 is 10.4 Å². The van der Waals surface area contributed by atoms with E-state index >= 15 is 0 Å². The van der Waals surface area contributed by atoms with Crippen molar-refractivity contribution in [2.45, 2.75) is 52.1 Å². The van der Waals surface area contributed by atoms with Gasteiger partial charge in [0.05, 0.1) is 6.10 Å². The summed E-state index contributed by atoms with van der Waals surface area (Å²) in [5.41, 5.74) is 4.50. The Hall–Kier alpha value is -0.170. The van der Waals surface area contributed by atoms with Gasteiger partial charge < -0.3 is 5.73 Å². The molecule has 0 aliphatic rings. The van der Waals surface area contributed by atoms with Crippen molar-refractivity contribution in [1.29, 1.82) is 0 Å². The number of hydrogen-bond donors (Lipinski definition) is 2. The first kappa shape index (κ1) is 17.2. The predicted molar refractivity (Wildman–Crippen MR) is 61.0 cm³/mol. The first-order chi connectivity index (χ1) is 6.99. The van der Waals surface area contributed by atoms with E-state index in [1.807, 2.05) is 6.92 Å². The zero-order valence-electron chi connectivity index (χ0n) is 9.77. The molecule has 0 aliphatic heterocycles. The van der Waals surface area contributed by atoms with Gasteiger partial charge in [0.25, 0.3) is 0 Å². The molecular formula is C9H23NO4S. The molecule has 94 valence electrons. The molecule has 0 aromatic heterocycles. The lowest BCUT2D eigenvalue weighted by Crippen LogP contribution is -2.16. The van der Waals surface area contributed by atoms with E-state index in [0.717, 1.165) is 19.3 Å². The molecule has 15 heavy (non-hydrogen) atoms. The van der Waals surface area contributed by atoms with Crippen LogP contribution in [0, 0.1) is 0 Å². The average molecular weight is 241 g/mol. The summed E-state index contributed by atoms with van der Waals surface area (Å²) in [6.07, 6.45) is 3.99. The van der Waals surface area contributed by atoms with E-state index in [-0.39, 0.29) is 6.10 Å². The van der Waals surface area contributed by atoms with E-state index in [1.54, 1.807) is 0 Å². The summed E-state index contributed by atoms with van der Waals surface area (Å²) in [5.74, 6) is 0. The van der Waals surface area contributed by atoms with Gasteiger partial charge in [0.1, 0.15) is 0 Å². The largest absolute Gasteiger partial charge is 0.397 e.